The van der Waals surface area contributed by atoms with E-state index in [-0.39, 0.29) is 6.42 Å². The number of hydrogen-bond donors (Lipinski definition) is 1. The number of aryl methyl sites for hydroxylation is 2. The highest BCUT2D eigenvalue weighted by Gasteiger charge is 2.06. The minimum atomic E-state index is -0.779. The first-order valence-corrected chi connectivity index (χ1v) is 6.76. The summed E-state index contributed by atoms with van der Waals surface area (Å²) >= 11 is 1.57. The zero-order valence-electron chi connectivity index (χ0n) is 10.2. The number of carboxylic acids is 1. The van der Waals surface area contributed by atoms with Crippen molar-refractivity contribution in [1.82, 2.24) is 4.98 Å². The number of nitrogens with zero attached hydrogens (tertiary/aromatic N) is 1. The Morgan fingerprint density at radius 1 is 1.33 bits per heavy atom. The van der Waals surface area contributed by atoms with Crippen LogP contribution in [0.2, 0.25) is 0 Å². The summed E-state index contributed by atoms with van der Waals surface area (Å²) in [6, 6.07) is 8.42. The first-order valence-electron chi connectivity index (χ1n) is 5.95. The summed E-state index contributed by atoms with van der Waals surface area (Å²) in [5.41, 5.74) is 2.46. The van der Waals surface area contributed by atoms with E-state index in [0.717, 1.165) is 21.9 Å². The third-order valence-corrected chi connectivity index (χ3v) is 3.86. The molecule has 0 bridgehead atoms. The normalized spacial score (nSPS) is 10.5. The number of carboxylic acid groups (broad SMARTS) is 1. The van der Waals surface area contributed by atoms with Gasteiger partial charge in [0.05, 0.1) is 16.3 Å². The predicted octanol–water partition coefficient (Wildman–Crippen LogP) is 3.39. The molecule has 18 heavy (non-hydrogen) atoms. The number of thiazole rings is 1. The van der Waals surface area contributed by atoms with E-state index in [1.54, 1.807) is 11.3 Å². The van der Waals surface area contributed by atoms with Crippen LogP contribution in [-0.4, -0.2) is 16.1 Å². The molecule has 4 heteroatoms. The van der Waals surface area contributed by atoms with E-state index in [2.05, 4.69) is 36.2 Å². The molecule has 0 atom stereocenters. The van der Waals surface area contributed by atoms with Gasteiger partial charge in [-0.15, -0.1) is 11.3 Å². The van der Waals surface area contributed by atoms with Crippen molar-refractivity contribution in [2.75, 3.05) is 0 Å². The molecule has 0 amide bonds. The molecule has 3 nitrogen and oxygen atoms in total. The number of hydrogen-bond acceptors (Lipinski definition) is 3. The van der Waals surface area contributed by atoms with Crippen LogP contribution in [-0.2, 0) is 17.6 Å². The van der Waals surface area contributed by atoms with E-state index in [4.69, 9.17) is 5.11 Å². The van der Waals surface area contributed by atoms with Crippen molar-refractivity contribution in [3.8, 4) is 10.4 Å². The highest BCUT2D eigenvalue weighted by molar-refractivity contribution is 7.15. The lowest BCUT2D eigenvalue weighted by atomic mass is 10.1. The Labute approximate surface area is 110 Å². The monoisotopic (exact) mass is 261 g/mol. The van der Waals surface area contributed by atoms with Crippen molar-refractivity contribution in [2.45, 2.75) is 26.2 Å². The SMILES string of the molecule is CCc1ccc(-c2cnc(CCC(=O)O)s2)cc1. The van der Waals surface area contributed by atoms with Gasteiger partial charge in [0.2, 0.25) is 0 Å². The molecule has 0 saturated carbocycles. The Kier molecular flexibility index (Phi) is 4.10. The fraction of sp³-hybridized carbons (Fsp3) is 0.286. The second-order valence-electron chi connectivity index (χ2n) is 4.06. The van der Waals surface area contributed by atoms with E-state index >= 15 is 0 Å². The van der Waals surface area contributed by atoms with Crippen LogP contribution >= 0.6 is 11.3 Å². The lowest BCUT2D eigenvalue weighted by molar-refractivity contribution is -0.136. The van der Waals surface area contributed by atoms with Crippen LogP contribution in [0.4, 0.5) is 0 Å². The maximum Gasteiger partial charge on any atom is 0.303 e. The highest BCUT2D eigenvalue weighted by atomic mass is 32.1. The molecule has 0 aliphatic carbocycles. The van der Waals surface area contributed by atoms with Crippen LogP contribution in [0.15, 0.2) is 30.5 Å². The van der Waals surface area contributed by atoms with Crippen LogP contribution in [0.5, 0.6) is 0 Å². The molecule has 94 valence electrons. The number of aromatic nitrogens is 1. The summed E-state index contributed by atoms with van der Waals surface area (Å²) in [4.78, 5) is 15.9. The molecule has 0 unspecified atom stereocenters. The third-order valence-electron chi connectivity index (χ3n) is 2.75. The molecule has 0 fully saturated rings. The van der Waals surface area contributed by atoms with Crippen LogP contribution < -0.4 is 0 Å². The van der Waals surface area contributed by atoms with Crippen molar-refractivity contribution in [3.05, 3.63) is 41.0 Å². The second-order valence-corrected chi connectivity index (χ2v) is 5.18. The van der Waals surface area contributed by atoms with Crippen molar-refractivity contribution in [3.63, 3.8) is 0 Å². The van der Waals surface area contributed by atoms with E-state index < -0.39 is 5.97 Å². The van der Waals surface area contributed by atoms with Crippen LogP contribution in [0.3, 0.4) is 0 Å². The van der Waals surface area contributed by atoms with Gasteiger partial charge in [-0.1, -0.05) is 31.2 Å². The first-order chi connectivity index (χ1) is 8.69. The topological polar surface area (TPSA) is 50.2 Å². The molecule has 0 aliphatic heterocycles. The van der Waals surface area contributed by atoms with Gasteiger partial charge in [-0.05, 0) is 17.5 Å². The summed E-state index contributed by atoms with van der Waals surface area (Å²) in [7, 11) is 0. The molecule has 1 aromatic heterocycles. The van der Waals surface area contributed by atoms with Gasteiger partial charge in [0.25, 0.3) is 0 Å². The Balaban J connectivity index is 2.10. The van der Waals surface area contributed by atoms with Gasteiger partial charge in [0, 0.05) is 12.6 Å². The molecule has 0 saturated heterocycles. The van der Waals surface area contributed by atoms with E-state index in [1.165, 1.54) is 5.56 Å². The van der Waals surface area contributed by atoms with Gasteiger partial charge in [-0.25, -0.2) is 4.98 Å². The lowest BCUT2D eigenvalue weighted by Crippen LogP contribution is -1.96. The van der Waals surface area contributed by atoms with Gasteiger partial charge in [-0.3, -0.25) is 4.79 Å². The number of rotatable bonds is 5. The van der Waals surface area contributed by atoms with Crippen LogP contribution in [0.25, 0.3) is 10.4 Å². The molecular weight excluding hydrogens is 246 g/mol. The average Bonchev–Trinajstić information content (AvgIpc) is 2.85. The van der Waals surface area contributed by atoms with Crippen LogP contribution in [0, 0.1) is 0 Å². The van der Waals surface area contributed by atoms with E-state index in [9.17, 15) is 4.79 Å². The van der Waals surface area contributed by atoms with Gasteiger partial charge in [-0.2, -0.15) is 0 Å². The quantitative estimate of drug-likeness (QED) is 0.897. The summed E-state index contributed by atoms with van der Waals surface area (Å²) in [5, 5.41) is 9.51. The molecule has 1 heterocycles. The molecule has 0 aliphatic rings. The number of carbonyl (C=O) groups is 1. The summed E-state index contributed by atoms with van der Waals surface area (Å²) in [6.45, 7) is 2.13. The summed E-state index contributed by atoms with van der Waals surface area (Å²) < 4.78 is 0. The third kappa shape index (κ3) is 3.17. The molecule has 2 rings (SSSR count). The van der Waals surface area contributed by atoms with Crippen LogP contribution in [0.1, 0.15) is 23.9 Å². The summed E-state index contributed by atoms with van der Waals surface area (Å²) in [5.74, 6) is -0.779. The van der Waals surface area contributed by atoms with Gasteiger partial charge >= 0.3 is 5.97 Å². The Hall–Kier alpha value is -1.68. The molecule has 1 N–H and O–H groups in total. The van der Waals surface area contributed by atoms with Crippen molar-refractivity contribution in [1.29, 1.82) is 0 Å². The molecular formula is C14H15NO2S. The minimum Gasteiger partial charge on any atom is -0.481 e. The fourth-order valence-corrected chi connectivity index (χ4v) is 2.60. The lowest BCUT2D eigenvalue weighted by Gasteiger charge is -1.99. The smallest absolute Gasteiger partial charge is 0.303 e. The number of benzene rings is 1. The maximum absolute atomic E-state index is 10.5. The first kappa shape index (κ1) is 12.8. The largest absolute Gasteiger partial charge is 0.481 e. The highest BCUT2D eigenvalue weighted by Crippen LogP contribution is 2.27. The average molecular weight is 261 g/mol. The molecule has 0 radical (unpaired) electrons. The molecule has 0 spiro atoms. The predicted molar refractivity (Wildman–Crippen MR) is 72.9 cm³/mol. The molecule has 2 aromatic rings. The van der Waals surface area contributed by atoms with Gasteiger partial charge < -0.3 is 5.11 Å². The standard InChI is InChI=1S/C14H15NO2S/c1-2-10-3-5-11(6-4-10)12-9-15-13(18-12)7-8-14(16)17/h3-6,9H,2,7-8H2,1H3,(H,16,17). The van der Waals surface area contributed by atoms with Crippen molar-refractivity contribution < 1.29 is 9.90 Å². The molecule has 1 aromatic carbocycles. The van der Waals surface area contributed by atoms with E-state index in [0.29, 0.717) is 6.42 Å². The van der Waals surface area contributed by atoms with E-state index in [1.807, 2.05) is 6.20 Å². The zero-order chi connectivity index (χ0) is 13.0. The maximum atomic E-state index is 10.5. The van der Waals surface area contributed by atoms with Gasteiger partial charge in [0.1, 0.15) is 0 Å². The minimum absolute atomic E-state index is 0.141. The number of aliphatic carboxylic acids is 1. The van der Waals surface area contributed by atoms with Crippen molar-refractivity contribution in [2.24, 2.45) is 0 Å². The Morgan fingerprint density at radius 3 is 2.67 bits per heavy atom. The zero-order valence-corrected chi connectivity index (χ0v) is 11.0. The second kappa shape index (κ2) is 5.78. The Morgan fingerprint density at radius 2 is 2.06 bits per heavy atom. The van der Waals surface area contributed by atoms with Gasteiger partial charge in [0.15, 0.2) is 0 Å². The van der Waals surface area contributed by atoms with Crippen molar-refractivity contribution >= 4 is 17.3 Å². The fourth-order valence-electron chi connectivity index (χ4n) is 1.68. The Bertz CT molecular complexity index is 531. The summed E-state index contributed by atoms with van der Waals surface area (Å²) in [6.07, 6.45) is 3.50.